The third kappa shape index (κ3) is 4.07. The highest BCUT2D eigenvalue weighted by Crippen LogP contribution is 2.25. The number of benzene rings is 1. The molecular weight excluding hydrogens is 294 g/mol. The fraction of sp³-hybridized carbons (Fsp3) is 0.438. The van der Waals surface area contributed by atoms with Crippen LogP contribution in [0.15, 0.2) is 36.5 Å². The molecule has 2 heterocycles. The molecule has 7 heteroatoms. The molecule has 1 aliphatic rings. The van der Waals surface area contributed by atoms with Crippen LogP contribution in [0.3, 0.4) is 0 Å². The van der Waals surface area contributed by atoms with E-state index in [2.05, 4.69) is 33.1 Å². The van der Waals surface area contributed by atoms with Gasteiger partial charge >= 0.3 is 6.03 Å². The molecule has 0 bridgehead atoms. The molecule has 0 spiro atoms. The van der Waals surface area contributed by atoms with E-state index in [1.165, 1.54) is 5.56 Å². The second-order valence-electron chi connectivity index (χ2n) is 5.91. The predicted molar refractivity (Wildman–Crippen MR) is 86.1 cm³/mol. The molecule has 0 unspecified atom stereocenters. The Morgan fingerprint density at radius 3 is 2.70 bits per heavy atom. The highest BCUT2D eigenvalue weighted by Gasteiger charge is 2.34. The maximum absolute atomic E-state index is 12.3. The zero-order valence-electron chi connectivity index (χ0n) is 13.2. The number of carbonyl (C=O) groups excluding carboxylic acids is 1. The van der Waals surface area contributed by atoms with E-state index in [9.17, 15) is 4.79 Å². The highest BCUT2D eigenvalue weighted by molar-refractivity contribution is 5.88. The zero-order valence-corrected chi connectivity index (χ0v) is 13.2. The van der Waals surface area contributed by atoms with Crippen LogP contribution in [0.4, 0.5) is 10.6 Å². The van der Waals surface area contributed by atoms with Crippen molar-refractivity contribution in [3.8, 4) is 0 Å². The van der Waals surface area contributed by atoms with E-state index in [-0.39, 0.29) is 11.6 Å². The van der Waals surface area contributed by atoms with Crippen LogP contribution in [-0.2, 0) is 18.2 Å². The summed E-state index contributed by atoms with van der Waals surface area (Å²) in [6.45, 7) is 1.30. The summed E-state index contributed by atoms with van der Waals surface area (Å²) in [4.78, 5) is 12.3. The number of hydrogen-bond acceptors (Lipinski definition) is 4. The van der Waals surface area contributed by atoms with Gasteiger partial charge in [-0.25, -0.2) is 4.79 Å². The second-order valence-corrected chi connectivity index (χ2v) is 5.91. The van der Waals surface area contributed by atoms with Crippen molar-refractivity contribution in [1.29, 1.82) is 0 Å². The lowest BCUT2D eigenvalue weighted by molar-refractivity contribution is 0.0432. The second kappa shape index (κ2) is 6.78. The summed E-state index contributed by atoms with van der Waals surface area (Å²) in [7, 11) is 1.76. The van der Waals surface area contributed by atoms with Gasteiger partial charge in [0.1, 0.15) is 0 Å². The average Bonchev–Trinajstić information content (AvgIpc) is 2.93. The molecule has 23 heavy (non-hydrogen) atoms. The first-order valence-electron chi connectivity index (χ1n) is 7.72. The topological polar surface area (TPSA) is 81.1 Å². The molecule has 1 aliphatic heterocycles. The maximum atomic E-state index is 12.3. The molecule has 2 aromatic rings. The van der Waals surface area contributed by atoms with Gasteiger partial charge in [-0.1, -0.05) is 35.5 Å². The molecule has 1 aromatic carbocycles. The number of rotatable bonds is 4. The average molecular weight is 315 g/mol. The lowest BCUT2D eigenvalue weighted by Crippen LogP contribution is -2.54. The molecule has 0 saturated carbocycles. The molecule has 1 aromatic heterocycles. The first-order chi connectivity index (χ1) is 11.2. The molecule has 0 aliphatic carbocycles. The summed E-state index contributed by atoms with van der Waals surface area (Å²) in [5.41, 5.74) is 0.903. The normalized spacial score (nSPS) is 16.7. The van der Waals surface area contributed by atoms with Crippen LogP contribution in [0.5, 0.6) is 0 Å². The van der Waals surface area contributed by atoms with Crippen LogP contribution in [0.1, 0.15) is 18.4 Å². The van der Waals surface area contributed by atoms with Gasteiger partial charge in [0.15, 0.2) is 5.82 Å². The van der Waals surface area contributed by atoms with E-state index in [4.69, 9.17) is 4.74 Å². The lowest BCUT2D eigenvalue weighted by atomic mass is 9.84. The first-order valence-corrected chi connectivity index (χ1v) is 7.72. The molecule has 3 rings (SSSR count). The Hall–Kier alpha value is -2.41. The Balaban J connectivity index is 1.69. The summed E-state index contributed by atoms with van der Waals surface area (Å²) in [5, 5.41) is 13.5. The van der Waals surface area contributed by atoms with Crippen molar-refractivity contribution in [3.63, 3.8) is 0 Å². The van der Waals surface area contributed by atoms with E-state index in [1.54, 1.807) is 17.9 Å². The van der Waals surface area contributed by atoms with Crippen molar-refractivity contribution in [1.82, 2.24) is 20.3 Å². The Kier molecular flexibility index (Phi) is 4.57. The largest absolute Gasteiger partial charge is 0.381 e. The number of carbonyl (C=O) groups is 1. The van der Waals surface area contributed by atoms with E-state index in [1.807, 2.05) is 18.2 Å². The molecule has 0 radical (unpaired) electrons. The van der Waals surface area contributed by atoms with Gasteiger partial charge in [0, 0.05) is 20.3 Å². The number of hydrogen-bond donors (Lipinski definition) is 2. The molecule has 2 amide bonds. The number of amides is 2. The molecule has 122 valence electrons. The van der Waals surface area contributed by atoms with Crippen LogP contribution in [0.25, 0.3) is 0 Å². The summed E-state index contributed by atoms with van der Waals surface area (Å²) in [5.74, 6) is 0.437. The lowest BCUT2D eigenvalue weighted by Gasteiger charge is -2.38. The van der Waals surface area contributed by atoms with E-state index < -0.39 is 0 Å². The Bertz CT molecular complexity index is 650. The highest BCUT2D eigenvalue weighted by atomic mass is 16.5. The fourth-order valence-electron chi connectivity index (χ4n) is 2.89. The standard InChI is InChI=1S/C16H21N5O2/c1-21-12-14(19-20-21)17-15(22)18-16(7-9-23-10-8-16)11-13-5-3-2-4-6-13/h2-6,12H,7-11H2,1H3,(H2,17,18,22). The van der Waals surface area contributed by atoms with Crippen molar-refractivity contribution < 1.29 is 9.53 Å². The van der Waals surface area contributed by atoms with Gasteiger partial charge in [-0.15, -0.1) is 5.10 Å². The van der Waals surface area contributed by atoms with Gasteiger partial charge in [0.05, 0.1) is 11.7 Å². The molecule has 0 atom stereocenters. The minimum atomic E-state index is -0.300. The number of aryl methyl sites for hydroxylation is 1. The minimum Gasteiger partial charge on any atom is -0.381 e. The first kappa shape index (κ1) is 15.5. The van der Waals surface area contributed by atoms with Crippen LogP contribution in [-0.4, -0.2) is 39.8 Å². The van der Waals surface area contributed by atoms with Gasteiger partial charge in [-0.05, 0) is 24.8 Å². The molecule has 2 N–H and O–H groups in total. The Morgan fingerprint density at radius 1 is 1.30 bits per heavy atom. The number of nitrogens with zero attached hydrogens (tertiary/aromatic N) is 3. The molecule has 1 saturated heterocycles. The SMILES string of the molecule is Cn1cc(NC(=O)NC2(Cc3ccccc3)CCOCC2)nn1. The van der Waals surface area contributed by atoms with Crippen molar-refractivity contribution in [2.75, 3.05) is 18.5 Å². The predicted octanol–water partition coefficient (Wildman–Crippen LogP) is 1.73. The number of aromatic nitrogens is 3. The van der Waals surface area contributed by atoms with Gasteiger partial charge in [-0.3, -0.25) is 10.00 Å². The number of ether oxygens (including phenoxy) is 1. The summed E-state index contributed by atoms with van der Waals surface area (Å²) in [6, 6.07) is 9.93. The van der Waals surface area contributed by atoms with Crippen LogP contribution < -0.4 is 10.6 Å². The number of nitrogens with one attached hydrogen (secondary N) is 2. The van der Waals surface area contributed by atoms with Gasteiger partial charge < -0.3 is 10.1 Å². The van der Waals surface area contributed by atoms with Crippen molar-refractivity contribution in [3.05, 3.63) is 42.1 Å². The summed E-state index contributed by atoms with van der Waals surface area (Å²) in [6.07, 6.45) is 4.02. The van der Waals surface area contributed by atoms with Crippen LogP contribution in [0, 0.1) is 0 Å². The quantitative estimate of drug-likeness (QED) is 0.900. The number of anilines is 1. The third-order valence-corrected chi connectivity index (χ3v) is 4.06. The Labute approximate surface area is 135 Å². The Morgan fingerprint density at radius 2 is 2.04 bits per heavy atom. The molecule has 1 fully saturated rings. The van der Waals surface area contributed by atoms with E-state index >= 15 is 0 Å². The third-order valence-electron chi connectivity index (χ3n) is 4.06. The van der Waals surface area contributed by atoms with Crippen molar-refractivity contribution in [2.24, 2.45) is 7.05 Å². The van der Waals surface area contributed by atoms with Gasteiger partial charge in [0.2, 0.25) is 0 Å². The summed E-state index contributed by atoms with van der Waals surface area (Å²) >= 11 is 0. The van der Waals surface area contributed by atoms with Crippen molar-refractivity contribution >= 4 is 11.8 Å². The van der Waals surface area contributed by atoms with Crippen molar-refractivity contribution in [2.45, 2.75) is 24.8 Å². The van der Waals surface area contributed by atoms with Crippen LogP contribution >= 0.6 is 0 Å². The van der Waals surface area contributed by atoms with Crippen LogP contribution in [0.2, 0.25) is 0 Å². The smallest absolute Gasteiger partial charge is 0.320 e. The van der Waals surface area contributed by atoms with E-state index in [0.29, 0.717) is 19.0 Å². The summed E-state index contributed by atoms with van der Waals surface area (Å²) < 4.78 is 7.01. The molecule has 7 nitrogen and oxygen atoms in total. The zero-order chi connectivity index (χ0) is 16.1. The molecular formula is C16H21N5O2. The number of urea groups is 1. The fourth-order valence-corrected chi connectivity index (χ4v) is 2.89. The van der Waals surface area contributed by atoms with E-state index in [0.717, 1.165) is 19.3 Å². The monoisotopic (exact) mass is 315 g/mol. The minimum absolute atomic E-state index is 0.261. The maximum Gasteiger partial charge on any atom is 0.320 e. The van der Waals surface area contributed by atoms with Gasteiger partial charge in [-0.2, -0.15) is 0 Å². The van der Waals surface area contributed by atoms with Gasteiger partial charge in [0.25, 0.3) is 0 Å².